The van der Waals surface area contributed by atoms with Crippen molar-refractivity contribution >= 4 is 0 Å². The molecule has 1 aromatic carbocycles. The molecule has 1 rings (SSSR count). The first-order valence-electron chi connectivity index (χ1n) is 3.87. The van der Waals surface area contributed by atoms with E-state index in [1.54, 1.807) is 18.2 Å². The summed E-state index contributed by atoms with van der Waals surface area (Å²) >= 11 is 0. The highest BCUT2D eigenvalue weighted by atomic mass is 16.3. The zero-order valence-corrected chi connectivity index (χ0v) is 6.85. The minimum Gasteiger partial charge on any atom is -0.384 e. The number of aliphatic hydroxyl groups excluding tert-OH is 1. The summed E-state index contributed by atoms with van der Waals surface area (Å²) in [5, 5.41) is 9.52. The molecule has 0 bridgehead atoms. The lowest BCUT2D eigenvalue weighted by atomic mass is 10.1. The molecule has 1 nitrogen and oxygen atoms in total. The number of hydrogen-bond acceptors (Lipinski definition) is 1. The lowest BCUT2D eigenvalue weighted by Crippen LogP contribution is -1.91. The molecule has 0 aromatic heterocycles. The Bertz CT molecular complexity index is 262. The van der Waals surface area contributed by atoms with E-state index < -0.39 is 6.10 Å². The molecule has 0 amide bonds. The second kappa shape index (κ2) is 4.52. The molecule has 1 aromatic rings. The average Bonchev–Trinajstić information content (AvgIpc) is 2.15. The van der Waals surface area contributed by atoms with Gasteiger partial charge in [0.05, 0.1) is 6.10 Å². The highest BCUT2D eigenvalue weighted by Gasteiger charge is 1.99. The number of aliphatic hydroxyl groups is 1. The molecular weight excluding hydrogens is 148 g/mol. The van der Waals surface area contributed by atoms with Crippen molar-refractivity contribution in [3.05, 3.63) is 60.7 Å². The zero-order valence-electron chi connectivity index (χ0n) is 6.85. The van der Waals surface area contributed by atoms with Gasteiger partial charge < -0.3 is 5.11 Å². The molecule has 0 aliphatic carbocycles. The van der Waals surface area contributed by atoms with Crippen LogP contribution in [0, 0.1) is 0 Å². The van der Waals surface area contributed by atoms with Crippen LogP contribution in [0.3, 0.4) is 0 Å². The fourth-order valence-corrected chi connectivity index (χ4v) is 0.945. The summed E-state index contributed by atoms with van der Waals surface area (Å²) in [6.07, 6.45) is 4.55. The first kappa shape index (κ1) is 8.75. The van der Waals surface area contributed by atoms with Crippen LogP contribution in [-0.2, 0) is 0 Å². The first-order valence-corrected chi connectivity index (χ1v) is 3.87. The first-order chi connectivity index (χ1) is 5.84. The summed E-state index contributed by atoms with van der Waals surface area (Å²) in [6.45, 7) is 3.53. The smallest absolute Gasteiger partial charge is 0.0974 e. The van der Waals surface area contributed by atoms with Crippen LogP contribution in [0.5, 0.6) is 0 Å². The van der Waals surface area contributed by atoms with Gasteiger partial charge in [-0.1, -0.05) is 55.1 Å². The predicted octanol–water partition coefficient (Wildman–Crippen LogP) is 2.46. The van der Waals surface area contributed by atoms with Crippen molar-refractivity contribution in [3.63, 3.8) is 0 Å². The Labute approximate surface area is 72.7 Å². The van der Waals surface area contributed by atoms with Gasteiger partial charge in [0.25, 0.3) is 0 Å². The molecule has 0 spiro atoms. The predicted molar refractivity (Wildman–Crippen MR) is 50.7 cm³/mol. The van der Waals surface area contributed by atoms with Crippen molar-refractivity contribution in [3.8, 4) is 0 Å². The standard InChI is InChI=1S/C11H12O/c1-2-3-9-11(12)10-7-5-4-6-8-10/h2-9,11-12H,1H2/b9-3+/t11-/m0/s1. The zero-order chi connectivity index (χ0) is 8.81. The molecule has 62 valence electrons. The van der Waals surface area contributed by atoms with Crippen molar-refractivity contribution in [2.45, 2.75) is 6.10 Å². The van der Waals surface area contributed by atoms with Gasteiger partial charge in [0.1, 0.15) is 0 Å². The average molecular weight is 160 g/mol. The Hall–Kier alpha value is -1.34. The third-order valence-corrected chi connectivity index (χ3v) is 1.57. The van der Waals surface area contributed by atoms with Gasteiger partial charge in [0.2, 0.25) is 0 Å². The minimum atomic E-state index is -0.524. The molecule has 0 aliphatic rings. The fourth-order valence-electron chi connectivity index (χ4n) is 0.945. The number of hydrogen-bond donors (Lipinski definition) is 1. The van der Waals surface area contributed by atoms with Crippen molar-refractivity contribution in [2.24, 2.45) is 0 Å². The van der Waals surface area contributed by atoms with Crippen molar-refractivity contribution in [1.29, 1.82) is 0 Å². The Kier molecular flexibility index (Phi) is 3.30. The lowest BCUT2D eigenvalue weighted by Gasteiger charge is -2.03. The normalized spacial score (nSPS) is 13.1. The minimum absolute atomic E-state index is 0.524. The molecular formula is C11H12O. The van der Waals surface area contributed by atoms with Crippen LogP contribution in [-0.4, -0.2) is 5.11 Å². The van der Waals surface area contributed by atoms with Crippen LogP contribution in [0.1, 0.15) is 11.7 Å². The Balaban J connectivity index is 2.71. The van der Waals surface area contributed by atoms with Gasteiger partial charge in [-0.3, -0.25) is 0 Å². The lowest BCUT2D eigenvalue weighted by molar-refractivity contribution is 0.228. The van der Waals surface area contributed by atoms with Crippen LogP contribution in [0.2, 0.25) is 0 Å². The molecule has 1 atom stereocenters. The van der Waals surface area contributed by atoms with E-state index in [-0.39, 0.29) is 0 Å². The summed E-state index contributed by atoms with van der Waals surface area (Å²) in [4.78, 5) is 0. The molecule has 1 N–H and O–H groups in total. The van der Waals surface area contributed by atoms with Gasteiger partial charge in [-0.25, -0.2) is 0 Å². The van der Waals surface area contributed by atoms with Gasteiger partial charge in [-0.15, -0.1) is 0 Å². The highest BCUT2D eigenvalue weighted by Crippen LogP contribution is 2.12. The van der Waals surface area contributed by atoms with E-state index >= 15 is 0 Å². The summed E-state index contributed by atoms with van der Waals surface area (Å²) in [5.74, 6) is 0. The second-order valence-corrected chi connectivity index (χ2v) is 2.48. The Morgan fingerprint density at radius 2 is 1.92 bits per heavy atom. The maximum absolute atomic E-state index is 9.52. The van der Waals surface area contributed by atoms with E-state index in [2.05, 4.69) is 6.58 Å². The molecule has 0 aliphatic heterocycles. The van der Waals surface area contributed by atoms with Gasteiger partial charge in [0.15, 0.2) is 0 Å². The van der Waals surface area contributed by atoms with E-state index in [0.717, 1.165) is 5.56 Å². The Morgan fingerprint density at radius 1 is 1.25 bits per heavy atom. The molecule has 0 radical (unpaired) electrons. The van der Waals surface area contributed by atoms with Gasteiger partial charge in [0, 0.05) is 0 Å². The van der Waals surface area contributed by atoms with E-state index in [1.165, 1.54) is 0 Å². The van der Waals surface area contributed by atoms with Crippen molar-refractivity contribution in [1.82, 2.24) is 0 Å². The fraction of sp³-hybridized carbons (Fsp3) is 0.0909. The monoisotopic (exact) mass is 160 g/mol. The number of allylic oxidation sites excluding steroid dienone is 2. The van der Waals surface area contributed by atoms with E-state index in [4.69, 9.17) is 0 Å². The summed E-state index contributed by atoms with van der Waals surface area (Å²) in [7, 11) is 0. The molecule has 0 saturated carbocycles. The van der Waals surface area contributed by atoms with Gasteiger partial charge in [-0.2, -0.15) is 0 Å². The van der Waals surface area contributed by atoms with Crippen LogP contribution in [0.15, 0.2) is 55.1 Å². The molecule has 0 heterocycles. The molecule has 0 unspecified atom stereocenters. The Morgan fingerprint density at radius 3 is 2.50 bits per heavy atom. The molecule has 12 heavy (non-hydrogen) atoms. The van der Waals surface area contributed by atoms with Crippen LogP contribution >= 0.6 is 0 Å². The molecule has 0 fully saturated rings. The van der Waals surface area contributed by atoms with Crippen molar-refractivity contribution in [2.75, 3.05) is 0 Å². The quantitative estimate of drug-likeness (QED) is 0.673. The SMILES string of the molecule is C=C/C=C/[C@H](O)c1ccccc1. The molecule has 0 saturated heterocycles. The second-order valence-electron chi connectivity index (χ2n) is 2.48. The molecule has 1 heteroatoms. The maximum atomic E-state index is 9.52. The van der Waals surface area contributed by atoms with Gasteiger partial charge in [-0.05, 0) is 5.56 Å². The van der Waals surface area contributed by atoms with Crippen LogP contribution < -0.4 is 0 Å². The van der Waals surface area contributed by atoms with Crippen LogP contribution in [0.25, 0.3) is 0 Å². The summed E-state index contributed by atoms with van der Waals surface area (Å²) in [6, 6.07) is 9.50. The summed E-state index contributed by atoms with van der Waals surface area (Å²) in [5.41, 5.74) is 0.899. The topological polar surface area (TPSA) is 20.2 Å². The highest BCUT2D eigenvalue weighted by molar-refractivity contribution is 5.21. The largest absolute Gasteiger partial charge is 0.384 e. The van der Waals surface area contributed by atoms with Crippen molar-refractivity contribution < 1.29 is 5.11 Å². The third-order valence-electron chi connectivity index (χ3n) is 1.57. The maximum Gasteiger partial charge on any atom is 0.0974 e. The third kappa shape index (κ3) is 2.36. The number of benzene rings is 1. The van der Waals surface area contributed by atoms with E-state index in [1.807, 2.05) is 30.3 Å². The van der Waals surface area contributed by atoms with E-state index in [9.17, 15) is 5.11 Å². The van der Waals surface area contributed by atoms with Crippen LogP contribution in [0.4, 0.5) is 0 Å². The van der Waals surface area contributed by atoms with E-state index in [0.29, 0.717) is 0 Å². The number of rotatable bonds is 3. The van der Waals surface area contributed by atoms with Gasteiger partial charge >= 0.3 is 0 Å². The summed E-state index contributed by atoms with van der Waals surface area (Å²) < 4.78 is 0.